The number of benzene rings is 1. The van der Waals surface area contributed by atoms with Gasteiger partial charge in [-0.2, -0.15) is 0 Å². The molecule has 0 unspecified atom stereocenters. The molecule has 168 valence electrons. The normalized spacial score (nSPS) is 26.6. The maximum Gasteiger partial charge on any atom is 0.330 e. The number of nitrogens with zero attached hydrogens (tertiary/aromatic N) is 2. The summed E-state index contributed by atoms with van der Waals surface area (Å²) >= 11 is 0. The first-order chi connectivity index (χ1) is 15.1. The topological polar surface area (TPSA) is 124 Å². The summed E-state index contributed by atoms with van der Waals surface area (Å²) < 4.78 is 5.19. The highest BCUT2D eigenvalue weighted by molar-refractivity contribution is 6.09. The Morgan fingerprint density at radius 2 is 1.75 bits per heavy atom. The number of amides is 2. The Labute approximate surface area is 184 Å². The quantitative estimate of drug-likeness (QED) is 0.159. The molecule has 4 rings (SSSR count). The van der Waals surface area contributed by atoms with E-state index in [0.29, 0.717) is 5.56 Å². The van der Waals surface area contributed by atoms with Gasteiger partial charge in [-0.15, -0.1) is 0 Å². The number of rotatable bonds is 7. The molecule has 1 heterocycles. The fourth-order valence-electron chi connectivity index (χ4n) is 5.16. The molecule has 1 aromatic rings. The summed E-state index contributed by atoms with van der Waals surface area (Å²) in [7, 11) is 0. The number of aryl methyl sites for hydroxylation is 1. The summed E-state index contributed by atoms with van der Waals surface area (Å²) in [5, 5.41) is 11.1. The maximum absolute atomic E-state index is 13.1. The second kappa shape index (κ2) is 7.96. The van der Waals surface area contributed by atoms with Crippen LogP contribution in [0.2, 0.25) is 0 Å². The summed E-state index contributed by atoms with van der Waals surface area (Å²) in [6, 6.07) is 2.89. The van der Waals surface area contributed by atoms with Gasteiger partial charge >= 0.3 is 5.97 Å². The molecule has 3 aliphatic rings. The van der Waals surface area contributed by atoms with Gasteiger partial charge in [0.25, 0.3) is 5.69 Å². The number of allylic oxidation sites excluding steroid dienone is 2. The molecule has 0 spiro atoms. The zero-order valence-electron chi connectivity index (χ0n) is 18.0. The van der Waals surface area contributed by atoms with Crippen molar-refractivity contribution in [3.05, 3.63) is 51.6 Å². The summed E-state index contributed by atoms with van der Waals surface area (Å²) in [4.78, 5) is 63.0. The number of nitro benzene ring substituents is 1. The molecular weight excluding hydrogens is 416 g/mol. The third-order valence-corrected chi connectivity index (χ3v) is 6.73. The van der Waals surface area contributed by atoms with Gasteiger partial charge in [0, 0.05) is 17.2 Å². The number of carbonyl (C=O) groups is 4. The number of ether oxygens (including phenoxy) is 1. The van der Waals surface area contributed by atoms with Crippen molar-refractivity contribution in [1.82, 2.24) is 4.90 Å². The number of hydrogen-bond donors (Lipinski definition) is 0. The van der Waals surface area contributed by atoms with Crippen LogP contribution in [-0.2, 0) is 19.1 Å². The van der Waals surface area contributed by atoms with E-state index >= 15 is 0 Å². The van der Waals surface area contributed by atoms with Crippen molar-refractivity contribution in [2.45, 2.75) is 33.2 Å². The molecule has 32 heavy (non-hydrogen) atoms. The molecule has 2 bridgehead atoms. The van der Waals surface area contributed by atoms with Gasteiger partial charge in [0.1, 0.15) is 6.04 Å². The van der Waals surface area contributed by atoms with E-state index in [-0.39, 0.29) is 34.9 Å². The van der Waals surface area contributed by atoms with E-state index in [4.69, 9.17) is 4.74 Å². The standard InChI is InChI=1S/C23H24N2O7/c1-11(2)20(24-21(27)18-14-6-7-15(8-14)19(18)22(24)28)23(29)32-10-17(26)13-5-4-12(3)16(9-13)25(30)31/h4-7,9,11,14-15,18-20H,8,10H2,1-3H3/t14-,15-,18-,19+,20-/m0/s1. The van der Waals surface area contributed by atoms with Gasteiger partial charge in [-0.05, 0) is 31.1 Å². The van der Waals surface area contributed by atoms with Crippen molar-refractivity contribution in [2.24, 2.45) is 29.6 Å². The number of hydrogen-bond acceptors (Lipinski definition) is 7. The highest BCUT2D eigenvalue weighted by atomic mass is 16.6. The number of imide groups is 1. The van der Waals surface area contributed by atoms with Crippen LogP contribution in [-0.4, -0.2) is 46.0 Å². The van der Waals surface area contributed by atoms with Crippen LogP contribution in [0.25, 0.3) is 0 Å². The van der Waals surface area contributed by atoms with E-state index in [1.807, 2.05) is 12.2 Å². The zero-order chi connectivity index (χ0) is 23.3. The lowest BCUT2D eigenvalue weighted by molar-refractivity contribution is -0.385. The van der Waals surface area contributed by atoms with Crippen molar-refractivity contribution in [2.75, 3.05) is 6.61 Å². The Bertz CT molecular complexity index is 1030. The maximum atomic E-state index is 13.1. The molecule has 2 amide bonds. The minimum absolute atomic E-state index is 0.0224. The predicted octanol–water partition coefficient (Wildman–Crippen LogP) is 2.46. The fraction of sp³-hybridized carbons (Fsp3) is 0.478. The molecule has 0 radical (unpaired) electrons. The van der Waals surface area contributed by atoms with Gasteiger partial charge in [-0.1, -0.05) is 38.1 Å². The van der Waals surface area contributed by atoms with Crippen LogP contribution in [0.15, 0.2) is 30.4 Å². The lowest BCUT2D eigenvalue weighted by atomic mass is 9.85. The van der Waals surface area contributed by atoms with Gasteiger partial charge in [0.05, 0.1) is 16.8 Å². The lowest BCUT2D eigenvalue weighted by Crippen LogP contribution is -2.50. The van der Waals surface area contributed by atoms with Gasteiger partial charge in [-0.3, -0.25) is 29.4 Å². The van der Waals surface area contributed by atoms with Gasteiger partial charge < -0.3 is 4.74 Å². The van der Waals surface area contributed by atoms with Gasteiger partial charge in [0.15, 0.2) is 6.61 Å². The summed E-state index contributed by atoms with van der Waals surface area (Å²) in [5.74, 6) is -3.37. The summed E-state index contributed by atoms with van der Waals surface area (Å²) in [5.41, 5.74) is 0.246. The smallest absolute Gasteiger partial charge is 0.330 e. The fourth-order valence-corrected chi connectivity index (χ4v) is 5.16. The van der Waals surface area contributed by atoms with Gasteiger partial charge in [-0.25, -0.2) is 4.79 Å². The average Bonchev–Trinajstić information content (AvgIpc) is 3.42. The number of ketones is 1. The van der Waals surface area contributed by atoms with Crippen LogP contribution in [0.1, 0.15) is 36.2 Å². The minimum atomic E-state index is -1.12. The highest BCUT2D eigenvalue weighted by Crippen LogP contribution is 2.53. The van der Waals surface area contributed by atoms with E-state index in [1.54, 1.807) is 20.8 Å². The SMILES string of the molecule is Cc1ccc(C(=O)COC(=O)[C@H](C(C)C)N2C(=O)[C@@H]3[C@H](C2=O)[C@H]2C=C[C@H]3C2)cc1[N+](=O)[O-]. The lowest BCUT2D eigenvalue weighted by Gasteiger charge is -2.28. The molecular formula is C23H24N2O7. The molecule has 0 N–H and O–H groups in total. The van der Waals surface area contributed by atoms with Crippen LogP contribution >= 0.6 is 0 Å². The number of fused-ring (bicyclic) bond motifs is 5. The third kappa shape index (κ3) is 3.41. The Balaban J connectivity index is 1.48. The van der Waals surface area contributed by atoms with E-state index in [1.165, 1.54) is 12.1 Å². The summed E-state index contributed by atoms with van der Waals surface area (Å²) in [6.07, 6.45) is 4.74. The first kappa shape index (κ1) is 21.9. The molecule has 1 aliphatic heterocycles. The molecule has 0 aromatic heterocycles. The van der Waals surface area contributed by atoms with Crippen molar-refractivity contribution in [3.63, 3.8) is 0 Å². The Hall–Kier alpha value is -3.36. The van der Waals surface area contributed by atoms with Gasteiger partial charge in [0.2, 0.25) is 17.6 Å². The average molecular weight is 440 g/mol. The monoisotopic (exact) mass is 440 g/mol. The number of carbonyl (C=O) groups excluding carboxylic acids is 4. The van der Waals surface area contributed by atoms with Crippen molar-refractivity contribution >= 4 is 29.3 Å². The number of likely N-dealkylation sites (tertiary alicyclic amines) is 1. The Morgan fingerprint density at radius 3 is 2.28 bits per heavy atom. The third-order valence-electron chi connectivity index (χ3n) is 6.73. The molecule has 2 aliphatic carbocycles. The van der Waals surface area contributed by atoms with Crippen LogP contribution in [0.4, 0.5) is 5.69 Å². The second-order valence-corrected chi connectivity index (χ2v) is 9.02. The van der Waals surface area contributed by atoms with E-state index < -0.39 is 47.1 Å². The minimum Gasteiger partial charge on any atom is -0.456 e. The molecule has 1 aromatic carbocycles. The van der Waals surface area contributed by atoms with Crippen LogP contribution in [0.5, 0.6) is 0 Å². The summed E-state index contributed by atoms with van der Waals surface area (Å²) in [6.45, 7) is 4.33. The number of esters is 1. The molecule has 1 saturated carbocycles. The van der Waals surface area contributed by atoms with E-state index in [9.17, 15) is 29.3 Å². The van der Waals surface area contributed by atoms with Crippen LogP contribution in [0.3, 0.4) is 0 Å². The van der Waals surface area contributed by atoms with Crippen molar-refractivity contribution < 1.29 is 28.8 Å². The Kier molecular flexibility index (Phi) is 5.44. The molecule has 5 atom stereocenters. The van der Waals surface area contributed by atoms with Crippen LogP contribution in [0, 0.1) is 46.6 Å². The van der Waals surface area contributed by atoms with E-state index in [2.05, 4.69) is 0 Å². The highest BCUT2D eigenvalue weighted by Gasteiger charge is 2.61. The first-order valence-electron chi connectivity index (χ1n) is 10.6. The first-order valence-corrected chi connectivity index (χ1v) is 10.6. The number of Topliss-reactive ketones (excluding diaryl/α,β-unsaturated/α-hetero) is 1. The number of nitro groups is 1. The molecule has 9 heteroatoms. The largest absolute Gasteiger partial charge is 0.456 e. The van der Waals surface area contributed by atoms with Crippen molar-refractivity contribution in [1.29, 1.82) is 0 Å². The second-order valence-electron chi connectivity index (χ2n) is 9.02. The van der Waals surface area contributed by atoms with E-state index in [0.717, 1.165) is 17.4 Å². The van der Waals surface area contributed by atoms with Crippen molar-refractivity contribution in [3.8, 4) is 0 Å². The predicted molar refractivity (Wildman–Crippen MR) is 111 cm³/mol. The molecule has 9 nitrogen and oxygen atoms in total. The Morgan fingerprint density at radius 1 is 1.16 bits per heavy atom. The zero-order valence-corrected chi connectivity index (χ0v) is 18.0. The van der Waals surface area contributed by atoms with Crippen LogP contribution < -0.4 is 0 Å². The molecule has 1 saturated heterocycles. The molecule has 2 fully saturated rings.